The summed E-state index contributed by atoms with van der Waals surface area (Å²) in [6, 6.07) is 12.1. The lowest BCUT2D eigenvalue weighted by Crippen LogP contribution is -2.13. The van der Waals surface area contributed by atoms with Gasteiger partial charge >= 0.3 is 0 Å². The molecule has 2 aromatic carbocycles. The van der Waals surface area contributed by atoms with Crippen LogP contribution in [0.2, 0.25) is 0 Å². The summed E-state index contributed by atoms with van der Waals surface area (Å²) >= 11 is 2.16. The Bertz CT molecular complexity index is 800. The fraction of sp³-hybridized carbons (Fsp3) is 0.133. The molecule has 0 saturated heterocycles. The summed E-state index contributed by atoms with van der Waals surface area (Å²) in [6.07, 6.45) is 1.14. The maximum atomic E-state index is 12.2. The van der Waals surface area contributed by atoms with E-state index in [1.807, 2.05) is 18.2 Å². The molecule has 0 fully saturated rings. The fourth-order valence-electron chi connectivity index (χ4n) is 1.91. The second kappa shape index (κ2) is 6.15. The standard InChI is InChI=1S/C15H14INO3S/c1-10-6-7-11(8-14(10)21(2,19)20)15(18)17-13-5-3-4-12(16)9-13/h3-9H,1-2H3,(H,17,18). The molecule has 2 rings (SSSR count). The van der Waals surface area contributed by atoms with Crippen LogP contribution in [0.25, 0.3) is 0 Å². The highest BCUT2D eigenvalue weighted by Gasteiger charge is 2.14. The van der Waals surface area contributed by atoms with E-state index in [0.717, 1.165) is 9.83 Å². The third-order valence-corrected chi connectivity index (χ3v) is 4.84. The van der Waals surface area contributed by atoms with Crippen molar-refractivity contribution < 1.29 is 13.2 Å². The molecule has 0 aromatic heterocycles. The molecule has 0 saturated carbocycles. The lowest BCUT2D eigenvalue weighted by atomic mass is 10.1. The number of halogens is 1. The first-order chi connectivity index (χ1) is 9.77. The van der Waals surface area contributed by atoms with E-state index in [0.29, 0.717) is 16.8 Å². The van der Waals surface area contributed by atoms with Crippen LogP contribution in [-0.2, 0) is 9.84 Å². The molecular formula is C15H14INO3S. The predicted molar refractivity (Wildman–Crippen MR) is 91.4 cm³/mol. The number of aryl methyl sites for hydroxylation is 1. The molecule has 110 valence electrons. The van der Waals surface area contributed by atoms with Gasteiger partial charge in [-0.05, 0) is 65.4 Å². The third kappa shape index (κ3) is 4.04. The highest BCUT2D eigenvalue weighted by Crippen LogP contribution is 2.19. The summed E-state index contributed by atoms with van der Waals surface area (Å²) < 4.78 is 24.4. The molecule has 1 N–H and O–H groups in total. The molecule has 0 heterocycles. The average Bonchev–Trinajstić information content (AvgIpc) is 2.37. The first-order valence-corrected chi connectivity index (χ1v) is 9.12. The van der Waals surface area contributed by atoms with Crippen LogP contribution >= 0.6 is 22.6 Å². The van der Waals surface area contributed by atoms with Gasteiger partial charge in [-0.3, -0.25) is 4.79 Å². The molecule has 0 bridgehead atoms. The van der Waals surface area contributed by atoms with Crippen LogP contribution in [0.15, 0.2) is 47.4 Å². The molecule has 0 aliphatic carbocycles. The van der Waals surface area contributed by atoms with Crippen LogP contribution in [0.3, 0.4) is 0 Å². The van der Waals surface area contributed by atoms with E-state index in [4.69, 9.17) is 0 Å². The number of carbonyl (C=O) groups excluding carboxylic acids is 1. The second-order valence-electron chi connectivity index (χ2n) is 4.72. The number of carbonyl (C=O) groups is 1. The Morgan fingerprint density at radius 3 is 2.48 bits per heavy atom. The predicted octanol–water partition coefficient (Wildman–Crippen LogP) is 3.26. The molecule has 21 heavy (non-hydrogen) atoms. The van der Waals surface area contributed by atoms with Crippen LogP contribution < -0.4 is 5.32 Å². The lowest BCUT2D eigenvalue weighted by Gasteiger charge is -2.09. The molecule has 0 unspecified atom stereocenters. The Kier molecular flexibility index (Phi) is 4.67. The SMILES string of the molecule is Cc1ccc(C(=O)Nc2cccc(I)c2)cc1S(C)(=O)=O. The highest BCUT2D eigenvalue weighted by atomic mass is 127. The zero-order valence-electron chi connectivity index (χ0n) is 11.6. The molecule has 0 radical (unpaired) electrons. The topological polar surface area (TPSA) is 63.2 Å². The van der Waals surface area contributed by atoms with Gasteiger partial charge < -0.3 is 5.32 Å². The molecule has 2 aromatic rings. The zero-order chi connectivity index (χ0) is 15.6. The first kappa shape index (κ1) is 16.0. The lowest BCUT2D eigenvalue weighted by molar-refractivity contribution is 0.102. The summed E-state index contributed by atoms with van der Waals surface area (Å²) in [5.74, 6) is -0.332. The third-order valence-electron chi connectivity index (χ3n) is 2.93. The van der Waals surface area contributed by atoms with Gasteiger partial charge in [-0.1, -0.05) is 12.1 Å². The first-order valence-electron chi connectivity index (χ1n) is 6.15. The van der Waals surface area contributed by atoms with Gasteiger partial charge in [0.2, 0.25) is 0 Å². The van der Waals surface area contributed by atoms with Crippen molar-refractivity contribution in [2.75, 3.05) is 11.6 Å². The van der Waals surface area contributed by atoms with Crippen molar-refractivity contribution in [3.63, 3.8) is 0 Å². The van der Waals surface area contributed by atoms with Gasteiger partial charge in [0.05, 0.1) is 4.90 Å². The Morgan fingerprint density at radius 2 is 1.86 bits per heavy atom. The number of sulfone groups is 1. The zero-order valence-corrected chi connectivity index (χ0v) is 14.5. The van der Waals surface area contributed by atoms with Gasteiger partial charge in [0.15, 0.2) is 9.84 Å². The van der Waals surface area contributed by atoms with Crippen LogP contribution in [-0.4, -0.2) is 20.6 Å². The van der Waals surface area contributed by atoms with Gasteiger partial charge in [0.25, 0.3) is 5.91 Å². The minimum atomic E-state index is -3.35. The largest absolute Gasteiger partial charge is 0.322 e. The summed E-state index contributed by atoms with van der Waals surface area (Å²) in [6.45, 7) is 1.71. The summed E-state index contributed by atoms with van der Waals surface area (Å²) in [7, 11) is -3.35. The fourth-order valence-corrected chi connectivity index (χ4v) is 3.45. The second-order valence-corrected chi connectivity index (χ2v) is 7.95. The normalized spacial score (nSPS) is 11.2. The van der Waals surface area contributed by atoms with E-state index < -0.39 is 9.84 Å². The molecule has 0 spiro atoms. The van der Waals surface area contributed by atoms with Crippen LogP contribution in [0.4, 0.5) is 5.69 Å². The number of hydrogen-bond donors (Lipinski definition) is 1. The Morgan fingerprint density at radius 1 is 1.14 bits per heavy atom. The van der Waals surface area contributed by atoms with Gasteiger partial charge in [0, 0.05) is 21.1 Å². The van der Waals surface area contributed by atoms with Gasteiger partial charge in [-0.15, -0.1) is 0 Å². The summed E-state index contributed by atoms with van der Waals surface area (Å²) in [5, 5.41) is 2.76. The van der Waals surface area contributed by atoms with Crippen LogP contribution in [0.5, 0.6) is 0 Å². The minimum absolute atomic E-state index is 0.179. The van der Waals surface area contributed by atoms with Crippen molar-refractivity contribution in [3.05, 3.63) is 57.2 Å². The Hall–Kier alpha value is -1.41. The number of anilines is 1. The number of benzene rings is 2. The van der Waals surface area contributed by atoms with Crippen molar-refractivity contribution in [2.24, 2.45) is 0 Å². The summed E-state index contributed by atoms with van der Waals surface area (Å²) in [5.41, 5.74) is 1.62. The van der Waals surface area contributed by atoms with E-state index in [9.17, 15) is 13.2 Å². The van der Waals surface area contributed by atoms with Gasteiger partial charge in [0.1, 0.15) is 0 Å². The van der Waals surface area contributed by atoms with Crippen LogP contribution in [0, 0.1) is 10.5 Å². The van der Waals surface area contributed by atoms with Crippen molar-refractivity contribution in [1.29, 1.82) is 0 Å². The highest BCUT2D eigenvalue weighted by molar-refractivity contribution is 14.1. The molecular weight excluding hydrogens is 401 g/mol. The quantitative estimate of drug-likeness (QED) is 0.783. The van der Waals surface area contributed by atoms with Gasteiger partial charge in [-0.2, -0.15) is 0 Å². The maximum Gasteiger partial charge on any atom is 0.255 e. The molecule has 0 atom stereocenters. The van der Waals surface area contributed by atoms with E-state index in [2.05, 4.69) is 27.9 Å². The molecule has 0 aliphatic heterocycles. The Balaban J connectivity index is 2.32. The van der Waals surface area contributed by atoms with Crippen molar-refractivity contribution >= 4 is 44.0 Å². The molecule has 6 heteroatoms. The smallest absolute Gasteiger partial charge is 0.255 e. The van der Waals surface area contributed by atoms with Crippen molar-refractivity contribution in [3.8, 4) is 0 Å². The minimum Gasteiger partial charge on any atom is -0.322 e. The number of hydrogen-bond acceptors (Lipinski definition) is 3. The van der Waals surface area contributed by atoms with Gasteiger partial charge in [-0.25, -0.2) is 8.42 Å². The number of amides is 1. The average molecular weight is 415 g/mol. The van der Waals surface area contributed by atoms with Crippen molar-refractivity contribution in [1.82, 2.24) is 0 Å². The Labute approximate surface area is 137 Å². The molecule has 0 aliphatic rings. The molecule has 1 amide bonds. The van der Waals surface area contributed by atoms with E-state index in [1.165, 1.54) is 6.07 Å². The number of nitrogens with one attached hydrogen (secondary N) is 1. The van der Waals surface area contributed by atoms with E-state index in [1.54, 1.807) is 25.1 Å². The molecule has 4 nitrogen and oxygen atoms in total. The van der Waals surface area contributed by atoms with Crippen molar-refractivity contribution in [2.45, 2.75) is 11.8 Å². The number of rotatable bonds is 3. The van der Waals surface area contributed by atoms with E-state index >= 15 is 0 Å². The van der Waals surface area contributed by atoms with Crippen LogP contribution in [0.1, 0.15) is 15.9 Å². The summed E-state index contributed by atoms with van der Waals surface area (Å²) in [4.78, 5) is 12.4. The maximum absolute atomic E-state index is 12.2. The van der Waals surface area contributed by atoms with E-state index in [-0.39, 0.29) is 10.8 Å². The monoisotopic (exact) mass is 415 g/mol.